The van der Waals surface area contributed by atoms with E-state index in [4.69, 9.17) is 28.4 Å². The summed E-state index contributed by atoms with van der Waals surface area (Å²) in [6.07, 6.45) is 0. The van der Waals surface area contributed by atoms with Crippen molar-refractivity contribution in [3.05, 3.63) is 71.8 Å². The highest BCUT2D eigenvalue weighted by atomic mass is 16.5. The van der Waals surface area contributed by atoms with Crippen LogP contribution in [0.25, 0.3) is 0 Å². The second kappa shape index (κ2) is 22.6. The molecule has 2 aromatic rings. The van der Waals surface area contributed by atoms with Crippen LogP contribution in [0.2, 0.25) is 0 Å². The number of esters is 2. The molecule has 14 nitrogen and oxygen atoms in total. The predicted octanol–water partition coefficient (Wildman–Crippen LogP) is 0.731. The second-order valence-corrected chi connectivity index (χ2v) is 10.9. The predicted molar refractivity (Wildman–Crippen MR) is 175 cm³/mol. The lowest BCUT2D eigenvalue weighted by Gasteiger charge is -2.24. The van der Waals surface area contributed by atoms with Crippen LogP contribution in [0.3, 0.4) is 0 Å². The van der Waals surface area contributed by atoms with Crippen molar-refractivity contribution in [1.82, 2.24) is 20.4 Å². The molecule has 48 heavy (non-hydrogen) atoms. The van der Waals surface area contributed by atoms with Crippen LogP contribution in [0.1, 0.15) is 23.2 Å². The summed E-state index contributed by atoms with van der Waals surface area (Å²) < 4.78 is 32.8. The highest BCUT2D eigenvalue weighted by Gasteiger charge is 2.25. The lowest BCUT2D eigenvalue weighted by atomic mass is 10.1. The Morgan fingerprint density at radius 1 is 0.562 bits per heavy atom. The molecule has 1 aliphatic heterocycles. The molecular formula is C34H48N4O10. The average molecular weight is 673 g/mol. The number of amides is 2. The fourth-order valence-corrected chi connectivity index (χ4v) is 4.86. The summed E-state index contributed by atoms with van der Waals surface area (Å²) >= 11 is 0. The van der Waals surface area contributed by atoms with E-state index in [9.17, 15) is 19.2 Å². The zero-order valence-electron chi connectivity index (χ0n) is 27.8. The maximum atomic E-state index is 13.0. The minimum atomic E-state index is -0.915. The molecule has 0 radical (unpaired) electrons. The van der Waals surface area contributed by atoms with Gasteiger partial charge in [0.2, 0.25) is 11.8 Å². The van der Waals surface area contributed by atoms with Gasteiger partial charge in [-0.25, -0.2) is 9.59 Å². The molecule has 2 aromatic carbocycles. The van der Waals surface area contributed by atoms with Crippen LogP contribution in [0.5, 0.6) is 0 Å². The van der Waals surface area contributed by atoms with Crippen LogP contribution in [0.15, 0.2) is 60.7 Å². The molecule has 2 amide bonds. The Bertz CT molecular complexity index is 1120. The third-order valence-corrected chi connectivity index (χ3v) is 7.44. The Morgan fingerprint density at radius 3 is 1.17 bits per heavy atom. The van der Waals surface area contributed by atoms with Crippen molar-refractivity contribution in [3.63, 3.8) is 0 Å². The normalized spacial score (nSPS) is 17.9. The highest BCUT2D eigenvalue weighted by molar-refractivity contribution is 5.87. The van der Waals surface area contributed by atoms with Crippen LogP contribution < -0.4 is 10.6 Å². The molecule has 1 heterocycles. The van der Waals surface area contributed by atoms with Gasteiger partial charge in [0, 0.05) is 26.2 Å². The van der Waals surface area contributed by atoms with Crippen LogP contribution in [0, 0.1) is 0 Å². The van der Waals surface area contributed by atoms with E-state index in [0.29, 0.717) is 90.2 Å². The molecule has 0 bridgehead atoms. The summed E-state index contributed by atoms with van der Waals surface area (Å²) in [5.41, 5.74) is 1.26. The van der Waals surface area contributed by atoms with E-state index in [0.717, 1.165) is 0 Å². The SMILES string of the molecule is COC(=O)[C@@H](NC(=O)CN1CCOCCOCCN(CC(=O)N[C@@H](C(=O)OC)c2ccccc2)CCOCCOCC1)c1ccccc1. The first kappa shape index (κ1) is 38.5. The van der Waals surface area contributed by atoms with E-state index in [1.807, 2.05) is 21.9 Å². The fraction of sp³-hybridized carbons (Fsp3) is 0.529. The molecule has 3 rings (SSSR count). The monoisotopic (exact) mass is 672 g/mol. The number of carbonyl (C=O) groups is 4. The Kier molecular flexibility index (Phi) is 18.2. The Labute approximate surface area is 281 Å². The van der Waals surface area contributed by atoms with Crippen molar-refractivity contribution in [1.29, 1.82) is 0 Å². The average Bonchev–Trinajstić information content (AvgIpc) is 3.11. The van der Waals surface area contributed by atoms with Crippen LogP contribution in [-0.2, 0) is 47.6 Å². The number of nitrogens with zero attached hydrogens (tertiary/aromatic N) is 2. The van der Waals surface area contributed by atoms with Gasteiger partial charge in [0.1, 0.15) is 0 Å². The van der Waals surface area contributed by atoms with Gasteiger partial charge in [-0.1, -0.05) is 60.7 Å². The van der Waals surface area contributed by atoms with Gasteiger partial charge in [0.05, 0.1) is 80.2 Å². The Morgan fingerprint density at radius 2 is 0.875 bits per heavy atom. The second-order valence-electron chi connectivity index (χ2n) is 10.9. The van der Waals surface area contributed by atoms with Crippen molar-refractivity contribution in [2.24, 2.45) is 0 Å². The molecule has 0 saturated carbocycles. The summed E-state index contributed by atoms with van der Waals surface area (Å²) in [4.78, 5) is 54.5. The van der Waals surface area contributed by atoms with Gasteiger partial charge < -0.3 is 39.1 Å². The van der Waals surface area contributed by atoms with Crippen molar-refractivity contribution >= 4 is 23.8 Å². The number of benzene rings is 2. The van der Waals surface area contributed by atoms with Gasteiger partial charge >= 0.3 is 11.9 Å². The van der Waals surface area contributed by atoms with E-state index in [2.05, 4.69) is 10.6 Å². The molecule has 1 aliphatic rings. The lowest BCUT2D eigenvalue weighted by Crippen LogP contribution is -2.43. The number of rotatable bonds is 10. The maximum absolute atomic E-state index is 13.0. The number of nitrogens with one attached hydrogen (secondary N) is 2. The van der Waals surface area contributed by atoms with Crippen LogP contribution >= 0.6 is 0 Å². The van der Waals surface area contributed by atoms with Crippen molar-refractivity contribution in [2.75, 3.05) is 106 Å². The maximum Gasteiger partial charge on any atom is 0.333 e. The summed E-state index contributed by atoms with van der Waals surface area (Å²) in [6, 6.07) is 16.0. The molecule has 2 atom stereocenters. The van der Waals surface area contributed by atoms with Gasteiger partial charge in [-0.2, -0.15) is 0 Å². The third kappa shape index (κ3) is 14.5. The van der Waals surface area contributed by atoms with E-state index >= 15 is 0 Å². The molecule has 264 valence electrons. The van der Waals surface area contributed by atoms with Crippen molar-refractivity contribution in [3.8, 4) is 0 Å². The number of ether oxygens (including phenoxy) is 6. The van der Waals surface area contributed by atoms with Gasteiger partial charge in [-0.15, -0.1) is 0 Å². The van der Waals surface area contributed by atoms with Gasteiger partial charge in [0.25, 0.3) is 0 Å². The van der Waals surface area contributed by atoms with E-state index in [-0.39, 0.29) is 24.9 Å². The van der Waals surface area contributed by atoms with Gasteiger partial charge in [-0.05, 0) is 11.1 Å². The summed E-state index contributed by atoms with van der Waals surface area (Å²) in [5.74, 6) is -1.77. The summed E-state index contributed by atoms with van der Waals surface area (Å²) in [6.45, 7) is 4.70. The molecule has 0 spiro atoms. The third-order valence-electron chi connectivity index (χ3n) is 7.44. The number of carbonyl (C=O) groups excluding carboxylic acids is 4. The zero-order chi connectivity index (χ0) is 34.4. The number of hydrogen-bond acceptors (Lipinski definition) is 12. The molecule has 1 fully saturated rings. The van der Waals surface area contributed by atoms with Crippen LogP contribution in [0.4, 0.5) is 0 Å². The standard InChI is InChI=1S/C34H48N4O10/c1-43-33(41)31(27-9-5-3-6-10-27)35-29(39)25-37-13-17-45-21-23-47-19-15-38(16-20-48-24-22-46-18-14-37)26-30(40)36-32(34(42)44-2)28-11-7-4-8-12-28/h3-12,31-32H,13-26H2,1-2H3,(H,35,39)(H,36,40)/t31-,32+. The Balaban J connectivity index is 1.47. The van der Waals surface area contributed by atoms with Gasteiger partial charge in [0.15, 0.2) is 12.1 Å². The fourth-order valence-electron chi connectivity index (χ4n) is 4.86. The zero-order valence-corrected chi connectivity index (χ0v) is 27.8. The number of hydrogen-bond donors (Lipinski definition) is 2. The molecule has 0 aromatic heterocycles. The largest absolute Gasteiger partial charge is 0.467 e. The first-order valence-electron chi connectivity index (χ1n) is 16.0. The molecule has 2 N–H and O–H groups in total. The highest BCUT2D eigenvalue weighted by Crippen LogP contribution is 2.15. The van der Waals surface area contributed by atoms with Crippen molar-refractivity contribution < 1.29 is 47.6 Å². The smallest absolute Gasteiger partial charge is 0.333 e. The topological polar surface area (TPSA) is 154 Å². The van der Waals surface area contributed by atoms with E-state index in [1.54, 1.807) is 48.5 Å². The molecule has 1 saturated heterocycles. The van der Waals surface area contributed by atoms with Gasteiger partial charge in [-0.3, -0.25) is 19.4 Å². The van der Waals surface area contributed by atoms with Crippen LogP contribution in [-0.4, -0.2) is 140 Å². The first-order chi connectivity index (χ1) is 23.4. The number of methoxy groups -OCH3 is 2. The van der Waals surface area contributed by atoms with Crippen molar-refractivity contribution in [2.45, 2.75) is 12.1 Å². The summed E-state index contributed by atoms with van der Waals surface area (Å²) in [7, 11) is 2.57. The minimum absolute atomic E-state index is 0.0369. The summed E-state index contributed by atoms with van der Waals surface area (Å²) in [5, 5.41) is 5.55. The quantitative estimate of drug-likeness (QED) is 0.342. The molecule has 14 heteroatoms. The molecule has 0 unspecified atom stereocenters. The van der Waals surface area contributed by atoms with E-state index < -0.39 is 24.0 Å². The Hall–Kier alpha value is -3.92. The molecular weight excluding hydrogens is 624 g/mol. The lowest BCUT2D eigenvalue weighted by molar-refractivity contribution is -0.145. The first-order valence-corrected chi connectivity index (χ1v) is 16.0. The minimum Gasteiger partial charge on any atom is -0.467 e. The van der Waals surface area contributed by atoms with E-state index in [1.165, 1.54) is 14.2 Å². The molecule has 0 aliphatic carbocycles.